The molecular weight excluding hydrogens is 224 g/mol. The second-order valence-electron chi connectivity index (χ2n) is 4.13. The van der Waals surface area contributed by atoms with Crippen LogP contribution in [-0.2, 0) is 0 Å². The van der Waals surface area contributed by atoms with E-state index in [9.17, 15) is 13.6 Å². The molecule has 17 heavy (non-hydrogen) atoms. The van der Waals surface area contributed by atoms with Crippen LogP contribution in [0.2, 0.25) is 0 Å². The molecule has 94 valence electrons. The number of rotatable bonds is 5. The highest BCUT2D eigenvalue weighted by Crippen LogP contribution is 2.18. The van der Waals surface area contributed by atoms with E-state index in [2.05, 4.69) is 5.32 Å². The van der Waals surface area contributed by atoms with E-state index < -0.39 is 11.6 Å². The van der Waals surface area contributed by atoms with E-state index in [1.165, 1.54) is 19.1 Å². The Morgan fingerprint density at radius 1 is 1.35 bits per heavy atom. The second kappa shape index (κ2) is 5.87. The van der Waals surface area contributed by atoms with Gasteiger partial charge in [-0.1, -0.05) is 19.9 Å². The fraction of sp³-hybridized carbons (Fsp3) is 0.462. The van der Waals surface area contributed by atoms with Crippen molar-refractivity contribution in [2.75, 3.05) is 13.1 Å². The van der Waals surface area contributed by atoms with E-state index in [1.807, 2.05) is 6.92 Å². The topological polar surface area (TPSA) is 29.1 Å². The highest BCUT2D eigenvalue weighted by Gasteiger charge is 2.21. The van der Waals surface area contributed by atoms with Crippen LogP contribution in [0.4, 0.5) is 8.78 Å². The van der Waals surface area contributed by atoms with Crippen molar-refractivity contribution in [3.63, 3.8) is 0 Å². The van der Waals surface area contributed by atoms with Gasteiger partial charge in [0.25, 0.3) is 0 Å². The van der Waals surface area contributed by atoms with Crippen molar-refractivity contribution >= 4 is 5.78 Å². The van der Waals surface area contributed by atoms with Crippen LogP contribution in [0, 0.1) is 24.5 Å². The van der Waals surface area contributed by atoms with Crippen LogP contribution in [0.3, 0.4) is 0 Å². The van der Waals surface area contributed by atoms with E-state index in [0.717, 1.165) is 6.54 Å². The smallest absolute Gasteiger partial charge is 0.169 e. The van der Waals surface area contributed by atoms with Gasteiger partial charge in [0, 0.05) is 12.5 Å². The third-order valence-corrected chi connectivity index (χ3v) is 2.69. The van der Waals surface area contributed by atoms with E-state index in [1.54, 1.807) is 6.92 Å². The molecule has 0 saturated heterocycles. The Morgan fingerprint density at radius 3 is 2.59 bits per heavy atom. The molecule has 0 spiro atoms. The lowest BCUT2D eigenvalue weighted by atomic mass is 9.97. The molecule has 0 bridgehead atoms. The summed E-state index contributed by atoms with van der Waals surface area (Å²) in [6, 6.07) is 2.77. The fourth-order valence-corrected chi connectivity index (χ4v) is 1.56. The molecule has 0 amide bonds. The van der Waals surface area contributed by atoms with Crippen molar-refractivity contribution in [2.24, 2.45) is 5.92 Å². The van der Waals surface area contributed by atoms with Gasteiger partial charge in [-0.05, 0) is 25.1 Å². The number of carbonyl (C=O) groups excluding carboxylic acids is 1. The number of ketones is 1. The summed E-state index contributed by atoms with van der Waals surface area (Å²) in [6.45, 7) is 6.28. The molecule has 2 nitrogen and oxygen atoms in total. The maximum Gasteiger partial charge on any atom is 0.169 e. The third-order valence-electron chi connectivity index (χ3n) is 2.69. The molecule has 1 aromatic rings. The van der Waals surface area contributed by atoms with Gasteiger partial charge in [0.1, 0.15) is 0 Å². The number of Topliss-reactive ketones (excluding diaryl/α,β-unsaturated/α-hetero) is 1. The first-order valence-electron chi connectivity index (χ1n) is 5.68. The number of halogens is 2. The van der Waals surface area contributed by atoms with E-state index in [-0.39, 0.29) is 22.8 Å². The standard InChI is InChI=1S/C13H17F2NO/c1-4-16-7-9(3)13(17)10-6-5-8(2)11(14)12(10)15/h5-6,9,16H,4,7H2,1-3H3. The molecule has 0 radical (unpaired) electrons. The highest BCUT2D eigenvalue weighted by molar-refractivity contribution is 5.98. The number of hydrogen-bond acceptors (Lipinski definition) is 2. The minimum absolute atomic E-state index is 0.168. The zero-order valence-corrected chi connectivity index (χ0v) is 10.3. The van der Waals surface area contributed by atoms with Crippen LogP contribution in [0.25, 0.3) is 0 Å². The number of aryl methyl sites for hydroxylation is 1. The van der Waals surface area contributed by atoms with Crippen LogP contribution >= 0.6 is 0 Å². The van der Waals surface area contributed by atoms with E-state index in [0.29, 0.717) is 6.54 Å². The summed E-state index contributed by atoms with van der Waals surface area (Å²) in [5.41, 5.74) is 0.0388. The molecule has 0 aliphatic rings. The Hall–Kier alpha value is -1.29. The third kappa shape index (κ3) is 3.09. The van der Waals surface area contributed by atoms with Crippen molar-refractivity contribution in [3.05, 3.63) is 34.9 Å². The highest BCUT2D eigenvalue weighted by atomic mass is 19.2. The number of benzene rings is 1. The molecule has 4 heteroatoms. The summed E-state index contributed by atoms with van der Waals surface area (Å²) < 4.78 is 26.9. The zero-order chi connectivity index (χ0) is 13.0. The summed E-state index contributed by atoms with van der Waals surface area (Å²) in [5.74, 6) is -2.72. The van der Waals surface area contributed by atoms with Crippen molar-refractivity contribution in [1.82, 2.24) is 5.32 Å². The minimum atomic E-state index is -1.04. The molecule has 1 N–H and O–H groups in total. The van der Waals surface area contributed by atoms with Crippen molar-refractivity contribution in [3.8, 4) is 0 Å². The predicted octanol–water partition coefficient (Wildman–Crippen LogP) is 2.70. The van der Waals surface area contributed by atoms with Gasteiger partial charge in [0.15, 0.2) is 17.4 Å². The van der Waals surface area contributed by atoms with Crippen LogP contribution in [0.5, 0.6) is 0 Å². The molecule has 1 aromatic carbocycles. The fourth-order valence-electron chi connectivity index (χ4n) is 1.56. The van der Waals surface area contributed by atoms with E-state index >= 15 is 0 Å². The Bertz CT molecular complexity index is 418. The van der Waals surface area contributed by atoms with Crippen LogP contribution in [0.15, 0.2) is 12.1 Å². The Labute approximate surface area is 100 Å². The second-order valence-corrected chi connectivity index (χ2v) is 4.13. The summed E-state index contributed by atoms with van der Waals surface area (Å²) in [6.07, 6.45) is 0. The molecular formula is C13H17F2NO. The first-order valence-corrected chi connectivity index (χ1v) is 5.68. The molecule has 0 aromatic heterocycles. The molecule has 0 aliphatic heterocycles. The lowest BCUT2D eigenvalue weighted by Crippen LogP contribution is -2.27. The summed E-state index contributed by atoms with van der Waals surface area (Å²) >= 11 is 0. The van der Waals surface area contributed by atoms with Gasteiger partial charge < -0.3 is 5.32 Å². The number of nitrogens with one attached hydrogen (secondary N) is 1. The van der Waals surface area contributed by atoms with Gasteiger partial charge in [-0.15, -0.1) is 0 Å². The summed E-state index contributed by atoms with van der Waals surface area (Å²) in [5, 5.41) is 3.01. The van der Waals surface area contributed by atoms with Gasteiger partial charge in [-0.25, -0.2) is 8.78 Å². The normalized spacial score (nSPS) is 12.5. The average Bonchev–Trinajstić information content (AvgIpc) is 2.32. The molecule has 0 saturated carbocycles. The maximum atomic E-state index is 13.6. The molecule has 1 unspecified atom stereocenters. The Morgan fingerprint density at radius 2 is 2.00 bits per heavy atom. The quantitative estimate of drug-likeness (QED) is 0.803. The monoisotopic (exact) mass is 241 g/mol. The molecule has 0 heterocycles. The Balaban J connectivity index is 2.93. The molecule has 1 atom stereocenters. The number of carbonyl (C=O) groups is 1. The van der Waals surface area contributed by atoms with Crippen LogP contribution in [-0.4, -0.2) is 18.9 Å². The average molecular weight is 241 g/mol. The SMILES string of the molecule is CCNCC(C)C(=O)c1ccc(C)c(F)c1F. The first-order chi connectivity index (χ1) is 7.99. The minimum Gasteiger partial charge on any atom is -0.316 e. The summed E-state index contributed by atoms with van der Waals surface area (Å²) in [7, 11) is 0. The molecule has 0 aliphatic carbocycles. The molecule has 1 rings (SSSR count). The lowest BCUT2D eigenvalue weighted by Gasteiger charge is -2.12. The largest absolute Gasteiger partial charge is 0.316 e. The van der Waals surface area contributed by atoms with Gasteiger partial charge in [0.2, 0.25) is 0 Å². The molecule has 0 fully saturated rings. The van der Waals surface area contributed by atoms with Crippen LogP contribution < -0.4 is 5.32 Å². The number of hydrogen-bond donors (Lipinski definition) is 1. The van der Waals surface area contributed by atoms with Gasteiger partial charge in [-0.2, -0.15) is 0 Å². The van der Waals surface area contributed by atoms with Gasteiger partial charge in [0.05, 0.1) is 5.56 Å². The van der Waals surface area contributed by atoms with Gasteiger partial charge >= 0.3 is 0 Å². The first kappa shape index (κ1) is 13.8. The van der Waals surface area contributed by atoms with Gasteiger partial charge in [-0.3, -0.25) is 4.79 Å². The van der Waals surface area contributed by atoms with E-state index in [4.69, 9.17) is 0 Å². The van der Waals surface area contributed by atoms with Crippen molar-refractivity contribution in [1.29, 1.82) is 0 Å². The van der Waals surface area contributed by atoms with Crippen molar-refractivity contribution < 1.29 is 13.6 Å². The lowest BCUT2D eigenvalue weighted by molar-refractivity contribution is 0.0924. The maximum absolute atomic E-state index is 13.6. The van der Waals surface area contributed by atoms with Crippen LogP contribution in [0.1, 0.15) is 29.8 Å². The zero-order valence-electron chi connectivity index (χ0n) is 10.3. The predicted molar refractivity (Wildman–Crippen MR) is 63.1 cm³/mol. The van der Waals surface area contributed by atoms with Crippen molar-refractivity contribution in [2.45, 2.75) is 20.8 Å². The summed E-state index contributed by atoms with van der Waals surface area (Å²) in [4.78, 5) is 11.9. The Kier molecular flexibility index (Phi) is 4.75.